The maximum Gasteiger partial charge on any atom is 0.233 e. The van der Waals surface area contributed by atoms with Crippen molar-refractivity contribution >= 4 is 17.7 Å². The van der Waals surface area contributed by atoms with Gasteiger partial charge < -0.3 is 4.90 Å². The number of hydrogen-bond acceptors (Lipinski definition) is 5. The van der Waals surface area contributed by atoms with Gasteiger partial charge in [-0.25, -0.2) is 0 Å². The van der Waals surface area contributed by atoms with Gasteiger partial charge in [-0.15, -0.1) is 5.10 Å². The van der Waals surface area contributed by atoms with Crippen molar-refractivity contribution in [2.45, 2.75) is 57.7 Å². The minimum absolute atomic E-state index is 0.187. The summed E-state index contributed by atoms with van der Waals surface area (Å²) in [6, 6.07) is 6.56. The molecular formula is C18H25N5OS. The van der Waals surface area contributed by atoms with Gasteiger partial charge in [0, 0.05) is 12.6 Å². The molecule has 134 valence electrons. The van der Waals surface area contributed by atoms with Crippen LogP contribution in [-0.4, -0.2) is 49.4 Å². The third-order valence-corrected chi connectivity index (χ3v) is 5.67. The van der Waals surface area contributed by atoms with Crippen LogP contribution in [0, 0.1) is 13.8 Å². The number of benzene rings is 1. The van der Waals surface area contributed by atoms with Crippen molar-refractivity contribution in [1.82, 2.24) is 25.1 Å². The molecule has 0 bridgehead atoms. The van der Waals surface area contributed by atoms with E-state index in [1.807, 2.05) is 24.0 Å². The van der Waals surface area contributed by atoms with Crippen molar-refractivity contribution in [3.8, 4) is 5.69 Å². The quantitative estimate of drug-likeness (QED) is 0.767. The maximum atomic E-state index is 12.6. The fraction of sp³-hybridized carbons (Fsp3) is 0.556. The van der Waals surface area contributed by atoms with Gasteiger partial charge in [0.15, 0.2) is 0 Å². The van der Waals surface area contributed by atoms with Crippen molar-refractivity contribution in [1.29, 1.82) is 0 Å². The SMILES string of the molecule is CCC1CCCCN1C(=O)CSc1nnnn1-c1ccc(C)cc1C. The average molecular weight is 359 g/mol. The lowest BCUT2D eigenvalue weighted by atomic mass is 10.0. The van der Waals surface area contributed by atoms with Crippen LogP contribution in [0.2, 0.25) is 0 Å². The number of carbonyl (C=O) groups is 1. The first kappa shape index (κ1) is 17.9. The molecular weight excluding hydrogens is 334 g/mol. The van der Waals surface area contributed by atoms with Crippen LogP contribution in [0.5, 0.6) is 0 Å². The number of carbonyl (C=O) groups excluding carboxylic acids is 1. The number of hydrogen-bond donors (Lipinski definition) is 0. The van der Waals surface area contributed by atoms with Crippen LogP contribution in [0.4, 0.5) is 0 Å². The van der Waals surface area contributed by atoms with E-state index in [0.717, 1.165) is 37.1 Å². The zero-order valence-corrected chi connectivity index (χ0v) is 15.9. The van der Waals surface area contributed by atoms with Crippen LogP contribution in [0.15, 0.2) is 23.4 Å². The molecule has 7 heteroatoms. The highest BCUT2D eigenvalue weighted by molar-refractivity contribution is 7.99. The lowest BCUT2D eigenvalue weighted by Gasteiger charge is -2.35. The third kappa shape index (κ3) is 4.03. The summed E-state index contributed by atoms with van der Waals surface area (Å²) in [6.45, 7) is 7.14. The van der Waals surface area contributed by atoms with Crippen molar-refractivity contribution in [2.75, 3.05) is 12.3 Å². The van der Waals surface area contributed by atoms with Crippen LogP contribution in [0.3, 0.4) is 0 Å². The second-order valence-corrected chi connectivity index (χ2v) is 7.54. The molecule has 2 aromatic rings. The summed E-state index contributed by atoms with van der Waals surface area (Å²) in [5.41, 5.74) is 3.27. The van der Waals surface area contributed by atoms with Gasteiger partial charge in [0.2, 0.25) is 11.1 Å². The minimum Gasteiger partial charge on any atom is -0.339 e. The minimum atomic E-state index is 0.187. The lowest BCUT2D eigenvalue weighted by Crippen LogP contribution is -2.44. The van der Waals surface area contributed by atoms with Crippen molar-refractivity contribution in [3.05, 3.63) is 29.3 Å². The average Bonchev–Trinajstić information content (AvgIpc) is 3.08. The van der Waals surface area contributed by atoms with E-state index in [1.54, 1.807) is 4.68 Å². The molecule has 1 saturated heterocycles. The van der Waals surface area contributed by atoms with E-state index in [1.165, 1.54) is 23.7 Å². The molecule has 1 unspecified atom stereocenters. The van der Waals surface area contributed by atoms with Gasteiger partial charge in [-0.1, -0.05) is 36.4 Å². The molecule has 1 atom stereocenters. The van der Waals surface area contributed by atoms with E-state index in [2.05, 4.69) is 35.4 Å². The Labute approximate surface area is 153 Å². The Hall–Kier alpha value is -1.89. The molecule has 0 saturated carbocycles. The van der Waals surface area contributed by atoms with Gasteiger partial charge in [0.1, 0.15) is 0 Å². The number of piperidine rings is 1. The Morgan fingerprint density at radius 2 is 2.16 bits per heavy atom. The summed E-state index contributed by atoms with van der Waals surface area (Å²) in [5, 5.41) is 12.7. The van der Waals surface area contributed by atoms with Gasteiger partial charge in [-0.2, -0.15) is 4.68 Å². The Kier molecular flexibility index (Phi) is 5.73. The molecule has 1 amide bonds. The summed E-state index contributed by atoms with van der Waals surface area (Å²) < 4.78 is 1.72. The molecule has 1 fully saturated rings. The van der Waals surface area contributed by atoms with Crippen molar-refractivity contribution in [2.24, 2.45) is 0 Å². The smallest absolute Gasteiger partial charge is 0.233 e. The van der Waals surface area contributed by atoms with Crippen LogP contribution < -0.4 is 0 Å². The molecule has 1 aliphatic heterocycles. The molecule has 0 spiro atoms. The summed E-state index contributed by atoms with van der Waals surface area (Å²) in [4.78, 5) is 14.7. The number of likely N-dealkylation sites (tertiary alicyclic amines) is 1. The number of nitrogens with zero attached hydrogens (tertiary/aromatic N) is 5. The van der Waals surface area contributed by atoms with Gasteiger partial charge in [-0.3, -0.25) is 4.79 Å². The van der Waals surface area contributed by atoms with Crippen molar-refractivity contribution < 1.29 is 4.79 Å². The molecule has 0 aliphatic carbocycles. The number of tetrazole rings is 1. The standard InChI is InChI=1S/C18H25N5OS/c1-4-15-7-5-6-10-22(15)17(24)12-25-18-19-20-21-23(18)16-9-8-13(2)11-14(16)3/h8-9,11,15H,4-7,10,12H2,1-3H3. The van der Waals surface area contributed by atoms with Gasteiger partial charge in [0.25, 0.3) is 0 Å². The second-order valence-electron chi connectivity index (χ2n) is 6.60. The third-order valence-electron chi connectivity index (χ3n) is 4.76. The summed E-state index contributed by atoms with van der Waals surface area (Å²) in [5.74, 6) is 0.564. The van der Waals surface area contributed by atoms with Gasteiger partial charge in [-0.05, 0) is 61.6 Å². The highest BCUT2D eigenvalue weighted by Crippen LogP contribution is 2.24. The molecule has 2 heterocycles. The van der Waals surface area contributed by atoms with E-state index in [0.29, 0.717) is 17.0 Å². The first-order valence-corrected chi connectivity index (χ1v) is 9.87. The Balaban J connectivity index is 1.70. The number of aromatic nitrogens is 4. The van der Waals surface area contributed by atoms with Gasteiger partial charge in [0.05, 0.1) is 11.4 Å². The molecule has 0 N–H and O–H groups in total. The highest BCUT2D eigenvalue weighted by atomic mass is 32.2. The van der Waals surface area contributed by atoms with E-state index in [4.69, 9.17) is 0 Å². The maximum absolute atomic E-state index is 12.6. The monoisotopic (exact) mass is 359 g/mol. The first-order valence-electron chi connectivity index (χ1n) is 8.88. The van der Waals surface area contributed by atoms with E-state index >= 15 is 0 Å². The first-order chi connectivity index (χ1) is 12.1. The fourth-order valence-corrected chi connectivity index (χ4v) is 4.20. The molecule has 25 heavy (non-hydrogen) atoms. The predicted octanol–water partition coefficient (Wildman–Crippen LogP) is 3.16. The van der Waals surface area contributed by atoms with E-state index in [-0.39, 0.29) is 5.91 Å². The number of rotatable bonds is 5. The molecule has 3 rings (SSSR count). The summed E-state index contributed by atoms with van der Waals surface area (Å²) in [6.07, 6.45) is 4.47. The molecule has 1 aromatic carbocycles. The number of aryl methyl sites for hydroxylation is 2. The molecule has 0 radical (unpaired) electrons. The van der Waals surface area contributed by atoms with Crippen LogP contribution in [0.25, 0.3) is 5.69 Å². The number of amides is 1. The zero-order valence-electron chi connectivity index (χ0n) is 15.1. The zero-order chi connectivity index (χ0) is 17.8. The topological polar surface area (TPSA) is 63.9 Å². The summed E-state index contributed by atoms with van der Waals surface area (Å²) in [7, 11) is 0. The van der Waals surface area contributed by atoms with Crippen LogP contribution in [-0.2, 0) is 4.79 Å². The van der Waals surface area contributed by atoms with Crippen molar-refractivity contribution in [3.63, 3.8) is 0 Å². The van der Waals surface area contributed by atoms with E-state index in [9.17, 15) is 4.79 Å². The van der Waals surface area contributed by atoms with Crippen LogP contribution >= 0.6 is 11.8 Å². The number of thioether (sulfide) groups is 1. The lowest BCUT2D eigenvalue weighted by molar-refractivity contribution is -0.132. The Morgan fingerprint density at radius 3 is 2.92 bits per heavy atom. The van der Waals surface area contributed by atoms with E-state index < -0.39 is 0 Å². The molecule has 1 aliphatic rings. The van der Waals surface area contributed by atoms with Gasteiger partial charge >= 0.3 is 0 Å². The molecule has 1 aromatic heterocycles. The fourth-order valence-electron chi connectivity index (χ4n) is 3.43. The predicted molar refractivity (Wildman–Crippen MR) is 99.0 cm³/mol. The largest absolute Gasteiger partial charge is 0.339 e. The highest BCUT2D eigenvalue weighted by Gasteiger charge is 2.25. The Bertz CT molecular complexity index is 745. The normalized spacial score (nSPS) is 17.7. The van der Waals surface area contributed by atoms with Crippen LogP contribution in [0.1, 0.15) is 43.7 Å². The second kappa shape index (κ2) is 7.99. The Morgan fingerprint density at radius 1 is 1.32 bits per heavy atom. The molecule has 6 nitrogen and oxygen atoms in total. The summed E-state index contributed by atoms with van der Waals surface area (Å²) >= 11 is 1.41.